The Hall–Kier alpha value is -1.92. The Morgan fingerprint density at radius 3 is 2.24 bits per heavy atom. The van der Waals surface area contributed by atoms with Gasteiger partial charge >= 0.3 is 12.1 Å². The fourth-order valence-corrected chi connectivity index (χ4v) is 3.11. The van der Waals surface area contributed by atoms with Crippen molar-refractivity contribution in [3.63, 3.8) is 0 Å². The third kappa shape index (κ3) is 3.28. The largest absolute Gasteiger partial charge is 0.454 e. The number of carbonyl (C=O) groups excluding carboxylic acids is 1. The molecule has 25 heavy (non-hydrogen) atoms. The molecule has 0 amide bonds. The number of hydrogen-bond donors (Lipinski definition) is 0. The molecule has 1 aliphatic rings. The summed E-state index contributed by atoms with van der Waals surface area (Å²) in [5.41, 5.74) is -0.792. The highest BCUT2D eigenvalue weighted by Crippen LogP contribution is 2.43. The van der Waals surface area contributed by atoms with Crippen molar-refractivity contribution in [1.29, 1.82) is 0 Å². The van der Waals surface area contributed by atoms with E-state index >= 15 is 0 Å². The van der Waals surface area contributed by atoms with Gasteiger partial charge in [0.2, 0.25) is 0 Å². The van der Waals surface area contributed by atoms with E-state index in [1.54, 1.807) is 19.9 Å². The smallest absolute Gasteiger partial charge is 0.416 e. The summed E-state index contributed by atoms with van der Waals surface area (Å²) in [5, 5.41) is -0.543. The van der Waals surface area contributed by atoms with Crippen LogP contribution in [0, 0.1) is 0 Å². The van der Waals surface area contributed by atoms with Crippen LogP contribution >= 0.6 is 23.2 Å². The lowest BCUT2D eigenvalue weighted by Gasteiger charge is -2.18. The van der Waals surface area contributed by atoms with Crippen molar-refractivity contribution in [3.05, 3.63) is 57.1 Å². The van der Waals surface area contributed by atoms with Crippen LogP contribution < -0.4 is 4.74 Å². The van der Waals surface area contributed by atoms with Gasteiger partial charge in [-0.2, -0.15) is 13.2 Å². The van der Waals surface area contributed by atoms with Crippen LogP contribution in [0.4, 0.5) is 13.2 Å². The summed E-state index contributed by atoms with van der Waals surface area (Å²) in [4.78, 5) is 11.8. The first-order valence-electron chi connectivity index (χ1n) is 7.11. The average molecular weight is 391 g/mol. The van der Waals surface area contributed by atoms with Gasteiger partial charge in [0, 0.05) is 5.56 Å². The molecule has 0 unspecified atom stereocenters. The maximum atomic E-state index is 12.8. The Morgan fingerprint density at radius 2 is 1.68 bits per heavy atom. The minimum absolute atomic E-state index is 0.0978. The molecule has 0 bridgehead atoms. The third-order valence-electron chi connectivity index (χ3n) is 3.75. The van der Waals surface area contributed by atoms with Gasteiger partial charge < -0.3 is 9.47 Å². The van der Waals surface area contributed by atoms with E-state index in [4.69, 9.17) is 32.7 Å². The number of carbonyl (C=O) groups is 1. The van der Waals surface area contributed by atoms with E-state index in [0.29, 0.717) is 11.1 Å². The predicted octanol–water partition coefficient (Wildman–Crippen LogP) is 6.21. The second kappa shape index (κ2) is 5.81. The summed E-state index contributed by atoms with van der Waals surface area (Å²) >= 11 is 11.8. The number of hydrogen-bond acceptors (Lipinski definition) is 3. The Balaban J connectivity index is 1.98. The fourth-order valence-electron chi connectivity index (χ4n) is 2.54. The lowest BCUT2D eigenvalue weighted by molar-refractivity contribution is -0.137. The first-order chi connectivity index (χ1) is 11.5. The van der Waals surface area contributed by atoms with Gasteiger partial charge in [-0.15, -0.1) is 0 Å². The maximum Gasteiger partial charge on any atom is 0.416 e. The fraction of sp³-hybridized carbons (Fsp3) is 0.235. The average Bonchev–Trinajstić information content (AvgIpc) is 2.71. The van der Waals surface area contributed by atoms with Crippen molar-refractivity contribution in [2.24, 2.45) is 0 Å². The zero-order valence-electron chi connectivity index (χ0n) is 13.0. The minimum atomic E-state index is -4.57. The predicted molar refractivity (Wildman–Crippen MR) is 86.4 cm³/mol. The molecule has 3 rings (SSSR count). The molecule has 0 saturated heterocycles. The summed E-state index contributed by atoms with van der Waals surface area (Å²) in [6, 6.07) is 6.07. The number of rotatable bonds is 2. The summed E-state index contributed by atoms with van der Waals surface area (Å²) < 4.78 is 49.1. The normalized spacial score (nSPS) is 15.7. The second-order valence-electron chi connectivity index (χ2n) is 5.98. The molecule has 1 heterocycles. The molecule has 0 atom stereocenters. The molecule has 0 N–H and O–H groups in total. The molecule has 0 aliphatic carbocycles. The minimum Gasteiger partial charge on any atom is -0.454 e. The summed E-state index contributed by atoms with van der Waals surface area (Å²) in [6.07, 6.45) is -4.57. The molecule has 132 valence electrons. The number of ether oxygens (including phenoxy) is 2. The van der Waals surface area contributed by atoms with Crippen LogP contribution in [0.5, 0.6) is 11.5 Å². The highest BCUT2D eigenvalue weighted by molar-refractivity contribution is 6.37. The van der Waals surface area contributed by atoms with E-state index in [2.05, 4.69) is 0 Å². The molecule has 0 spiro atoms. The monoisotopic (exact) mass is 390 g/mol. The first kappa shape index (κ1) is 17.9. The van der Waals surface area contributed by atoms with E-state index in [1.807, 2.05) is 0 Å². The Bertz CT molecular complexity index is 853. The Morgan fingerprint density at radius 1 is 1.08 bits per heavy atom. The van der Waals surface area contributed by atoms with Gasteiger partial charge in [0.25, 0.3) is 0 Å². The van der Waals surface area contributed by atoms with Crippen molar-refractivity contribution in [2.45, 2.75) is 25.6 Å². The lowest BCUT2D eigenvalue weighted by Crippen LogP contribution is -2.16. The molecule has 0 saturated carbocycles. The summed E-state index contributed by atoms with van der Waals surface area (Å²) in [5.74, 6) is -0.273. The molecular formula is C17H11Cl2F3O3. The number of alkyl halides is 3. The molecule has 1 aliphatic heterocycles. The van der Waals surface area contributed by atoms with Gasteiger partial charge in [-0.05, 0) is 44.2 Å². The van der Waals surface area contributed by atoms with E-state index in [-0.39, 0.29) is 21.5 Å². The van der Waals surface area contributed by atoms with Crippen LogP contribution in [0.3, 0.4) is 0 Å². The molecule has 0 radical (unpaired) electrons. The third-order valence-corrected chi connectivity index (χ3v) is 4.31. The van der Waals surface area contributed by atoms with Crippen molar-refractivity contribution < 1.29 is 27.4 Å². The first-order valence-corrected chi connectivity index (χ1v) is 7.86. The Kier molecular flexibility index (Phi) is 4.16. The van der Waals surface area contributed by atoms with E-state index in [1.165, 1.54) is 12.1 Å². The molecule has 8 heteroatoms. The highest BCUT2D eigenvalue weighted by Gasteiger charge is 2.38. The maximum absolute atomic E-state index is 12.8. The van der Waals surface area contributed by atoms with Crippen LogP contribution in [0.25, 0.3) is 0 Å². The van der Waals surface area contributed by atoms with Crippen LogP contribution in [-0.4, -0.2) is 5.97 Å². The van der Waals surface area contributed by atoms with Crippen LogP contribution in [0.2, 0.25) is 10.0 Å². The summed E-state index contributed by atoms with van der Waals surface area (Å²) in [6.45, 7) is 3.44. The molecular weight excluding hydrogens is 380 g/mol. The van der Waals surface area contributed by atoms with Crippen LogP contribution in [0.15, 0.2) is 30.3 Å². The second-order valence-corrected chi connectivity index (χ2v) is 6.79. The molecule has 2 aromatic rings. The number of fused-ring (bicyclic) bond motifs is 1. The van der Waals surface area contributed by atoms with E-state index in [0.717, 1.165) is 12.1 Å². The van der Waals surface area contributed by atoms with Crippen molar-refractivity contribution in [3.8, 4) is 11.5 Å². The van der Waals surface area contributed by atoms with Gasteiger partial charge in [0.05, 0.1) is 21.2 Å². The highest BCUT2D eigenvalue weighted by atomic mass is 35.5. The summed E-state index contributed by atoms with van der Waals surface area (Å²) in [7, 11) is 0. The number of benzene rings is 2. The van der Waals surface area contributed by atoms with Gasteiger partial charge in [0.1, 0.15) is 11.4 Å². The topological polar surface area (TPSA) is 35.5 Å². The number of esters is 1. The van der Waals surface area contributed by atoms with Gasteiger partial charge in [-0.25, -0.2) is 4.79 Å². The zero-order chi connectivity index (χ0) is 18.6. The standard InChI is InChI=1S/C17H11Cl2F3O3/c1-16(2)11-7-9(3-4-10(11)15(23)25-16)24-14-12(18)5-8(6-13(14)19)17(20,21)22/h3-7H,1-2H3. The van der Waals surface area contributed by atoms with Crippen molar-refractivity contribution >= 4 is 29.2 Å². The van der Waals surface area contributed by atoms with Crippen LogP contribution in [-0.2, 0) is 16.5 Å². The lowest BCUT2D eigenvalue weighted by atomic mass is 9.96. The molecule has 3 nitrogen and oxygen atoms in total. The Labute approximate surface area is 151 Å². The molecule has 0 aromatic heterocycles. The van der Waals surface area contributed by atoms with Gasteiger partial charge in [-0.3, -0.25) is 0 Å². The van der Waals surface area contributed by atoms with Crippen LogP contribution in [0.1, 0.15) is 35.3 Å². The van der Waals surface area contributed by atoms with E-state index in [9.17, 15) is 18.0 Å². The quantitative estimate of drug-likeness (QED) is 0.571. The SMILES string of the molecule is CC1(C)OC(=O)c2ccc(Oc3c(Cl)cc(C(F)(F)F)cc3Cl)cc21. The van der Waals surface area contributed by atoms with Gasteiger partial charge in [-0.1, -0.05) is 23.2 Å². The van der Waals surface area contributed by atoms with Crippen molar-refractivity contribution in [2.75, 3.05) is 0 Å². The molecule has 0 fully saturated rings. The molecule has 2 aromatic carbocycles. The number of cyclic esters (lactones) is 1. The van der Waals surface area contributed by atoms with Gasteiger partial charge in [0.15, 0.2) is 5.75 Å². The number of halogens is 5. The van der Waals surface area contributed by atoms with E-state index < -0.39 is 23.3 Å². The van der Waals surface area contributed by atoms with Crippen molar-refractivity contribution in [1.82, 2.24) is 0 Å². The zero-order valence-corrected chi connectivity index (χ0v) is 14.5.